The van der Waals surface area contributed by atoms with Crippen molar-refractivity contribution in [2.45, 2.75) is 37.5 Å². The molecule has 0 radical (unpaired) electrons. The molecule has 3 N–H and O–H groups in total. The van der Waals surface area contributed by atoms with Crippen molar-refractivity contribution < 1.29 is 14.6 Å². The van der Waals surface area contributed by atoms with Crippen LogP contribution in [0.1, 0.15) is 48.0 Å². The first-order valence-electron chi connectivity index (χ1n) is 6.73. The Morgan fingerprint density at radius 3 is 2.58 bits per heavy atom. The maximum atomic E-state index is 11.3. The van der Waals surface area contributed by atoms with Crippen LogP contribution in [0.4, 0.5) is 0 Å². The van der Waals surface area contributed by atoms with Crippen LogP contribution in [0.15, 0.2) is 12.1 Å². The molecular formula is C15H21NO3. The zero-order chi connectivity index (χ0) is 13.9. The van der Waals surface area contributed by atoms with Crippen LogP contribution >= 0.6 is 0 Å². The average molecular weight is 263 g/mol. The van der Waals surface area contributed by atoms with E-state index in [1.807, 2.05) is 0 Å². The second-order valence-electron chi connectivity index (χ2n) is 5.27. The summed E-state index contributed by atoms with van der Waals surface area (Å²) in [5.41, 5.74) is 7.28. The van der Waals surface area contributed by atoms with Crippen molar-refractivity contribution >= 4 is 6.29 Å². The van der Waals surface area contributed by atoms with Crippen LogP contribution in [0.2, 0.25) is 0 Å². The fourth-order valence-electron chi connectivity index (χ4n) is 3.12. The summed E-state index contributed by atoms with van der Waals surface area (Å²) in [6.45, 7) is 0.516. The number of aromatic hydroxyl groups is 1. The first-order valence-corrected chi connectivity index (χ1v) is 6.73. The number of rotatable bonds is 4. The Bertz CT molecular complexity index is 465. The molecule has 4 heteroatoms. The lowest BCUT2D eigenvalue weighted by Gasteiger charge is -2.37. The van der Waals surface area contributed by atoms with Gasteiger partial charge in [0.15, 0.2) is 11.5 Å². The maximum absolute atomic E-state index is 11.3. The fraction of sp³-hybridized carbons (Fsp3) is 0.533. The van der Waals surface area contributed by atoms with Gasteiger partial charge in [-0.1, -0.05) is 19.3 Å². The van der Waals surface area contributed by atoms with E-state index in [0.29, 0.717) is 17.9 Å². The van der Waals surface area contributed by atoms with E-state index in [1.54, 1.807) is 6.07 Å². The fourth-order valence-corrected chi connectivity index (χ4v) is 3.12. The number of carbonyl (C=O) groups is 1. The number of hydrogen-bond acceptors (Lipinski definition) is 4. The predicted octanol–water partition coefficient (Wildman–Crippen LogP) is 2.37. The highest BCUT2D eigenvalue weighted by molar-refractivity contribution is 5.80. The second kappa shape index (κ2) is 5.61. The summed E-state index contributed by atoms with van der Waals surface area (Å²) < 4.78 is 5.16. The minimum atomic E-state index is -0.157. The summed E-state index contributed by atoms with van der Waals surface area (Å²) in [7, 11) is 1.51. The van der Waals surface area contributed by atoms with E-state index in [2.05, 4.69) is 0 Å². The summed E-state index contributed by atoms with van der Waals surface area (Å²) in [5.74, 6) is 0.398. The molecule has 0 aromatic heterocycles. The van der Waals surface area contributed by atoms with E-state index >= 15 is 0 Å². The lowest BCUT2D eigenvalue weighted by atomic mass is 9.68. The Hall–Kier alpha value is -1.55. The maximum Gasteiger partial charge on any atom is 0.160 e. The third kappa shape index (κ3) is 2.45. The molecule has 0 spiro atoms. The van der Waals surface area contributed by atoms with Crippen LogP contribution in [-0.4, -0.2) is 25.0 Å². The quantitative estimate of drug-likeness (QED) is 0.818. The van der Waals surface area contributed by atoms with Gasteiger partial charge in [-0.05, 0) is 30.5 Å². The van der Waals surface area contributed by atoms with Gasteiger partial charge < -0.3 is 15.6 Å². The number of aldehydes is 1. The van der Waals surface area contributed by atoms with E-state index in [0.717, 1.165) is 37.5 Å². The van der Waals surface area contributed by atoms with Gasteiger partial charge in [-0.2, -0.15) is 0 Å². The highest BCUT2D eigenvalue weighted by atomic mass is 16.5. The second-order valence-corrected chi connectivity index (χ2v) is 5.27. The van der Waals surface area contributed by atoms with Gasteiger partial charge in [0.1, 0.15) is 6.29 Å². The van der Waals surface area contributed by atoms with Crippen molar-refractivity contribution in [3.05, 3.63) is 23.3 Å². The largest absolute Gasteiger partial charge is 0.504 e. The lowest BCUT2D eigenvalue weighted by Crippen LogP contribution is -2.38. The molecule has 1 aliphatic rings. The van der Waals surface area contributed by atoms with Crippen LogP contribution in [0.3, 0.4) is 0 Å². The molecule has 0 bridgehead atoms. The SMILES string of the molecule is COc1cc(C2(CN)CCCCC2)c(C=O)cc1O. The number of benzene rings is 1. The molecule has 0 heterocycles. The van der Waals surface area contributed by atoms with Crippen LogP contribution < -0.4 is 10.5 Å². The molecule has 0 amide bonds. The molecule has 1 aliphatic carbocycles. The highest BCUT2D eigenvalue weighted by Crippen LogP contribution is 2.43. The number of phenolic OH excluding ortho intramolecular Hbond substituents is 1. The zero-order valence-electron chi connectivity index (χ0n) is 11.3. The molecule has 0 aliphatic heterocycles. The van der Waals surface area contributed by atoms with Gasteiger partial charge in [0.25, 0.3) is 0 Å². The van der Waals surface area contributed by atoms with E-state index in [4.69, 9.17) is 10.5 Å². The minimum Gasteiger partial charge on any atom is -0.504 e. The predicted molar refractivity (Wildman–Crippen MR) is 73.9 cm³/mol. The smallest absolute Gasteiger partial charge is 0.160 e. The highest BCUT2D eigenvalue weighted by Gasteiger charge is 2.35. The van der Waals surface area contributed by atoms with Gasteiger partial charge in [0.2, 0.25) is 0 Å². The van der Waals surface area contributed by atoms with Crippen molar-refractivity contribution in [1.29, 1.82) is 0 Å². The Kier molecular flexibility index (Phi) is 4.10. The number of phenols is 1. The number of carbonyl (C=O) groups excluding carboxylic acids is 1. The Morgan fingerprint density at radius 1 is 1.37 bits per heavy atom. The third-order valence-electron chi connectivity index (χ3n) is 4.25. The molecule has 2 rings (SSSR count). The lowest BCUT2D eigenvalue weighted by molar-refractivity contribution is 0.111. The van der Waals surface area contributed by atoms with E-state index in [9.17, 15) is 9.90 Å². The van der Waals surface area contributed by atoms with E-state index in [-0.39, 0.29) is 11.2 Å². The third-order valence-corrected chi connectivity index (χ3v) is 4.25. The first-order chi connectivity index (χ1) is 9.16. The summed E-state index contributed by atoms with van der Waals surface area (Å²) in [6, 6.07) is 3.25. The standard InChI is InChI=1S/C15H21NO3/c1-19-14-8-12(11(9-17)7-13(14)18)15(10-16)5-3-2-4-6-15/h7-9,18H,2-6,10,16H2,1H3. The van der Waals surface area contributed by atoms with Gasteiger partial charge in [-0.15, -0.1) is 0 Å². The van der Waals surface area contributed by atoms with Gasteiger partial charge in [-0.3, -0.25) is 4.79 Å². The van der Waals surface area contributed by atoms with Gasteiger partial charge in [0, 0.05) is 17.5 Å². The molecule has 19 heavy (non-hydrogen) atoms. The molecule has 0 atom stereocenters. The Morgan fingerprint density at radius 2 is 2.05 bits per heavy atom. The van der Waals surface area contributed by atoms with Crippen LogP contribution in [-0.2, 0) is 5.41 Å². The topological polar surface area (TPSA) is 72.5 Å². The number of hydrogen-bond donors (Lipinski definition) is 2. The molecule has 1 aromatic rings. The van der Waals surface area contributed by atoms with Crippen LogP contribution in [0, 0.1) is 0 Å². The first kappa shape index (κ1) is 13.9. The number of nitrogens with two attached hydrogens (primary N) is 1. The molecule has 104 valence electrons. The molecule has 4 nitrogen and oxygen atoms in total. The molecule has 1 aromatic carbocycles. The van der Waals surface area contributed by atoms with Crippen molar-refractivity contribution in [3.63, 3.8) is 0 Å². The minimum absolute atomic E-state index is 0.00340. The van der Waals surface area contributed by atoms with Gasteiger partial charge in [-0.25, -0.2) is 0 Å². The van der Waals surface area contributed by atoms with Crippen molar-refractivity contribution in [3.8, 4) is 11.5 Å². The molecule has 0 unspecified atom stereocenters. The molecule has 0 saturated heterocycles. The number of methoxy groups -OCH3 is 1. The summed E-state index contributed by atoms with van der Waals surface area (Å²) in [5, 5.41) is 9.79. The normalized spacial score (nSPS) is 18.0. The molecule has 1 saturated carbocycles. The van der Waals surface area contributed by atoms with Crippen LogP contribution in [0.25, 0.3) is 0 Å². The van der Waals surface area contributed by atoms with Crippen molar-refractivity contribution in [1.82, 2.24) is 0 Å². The Labute approximate surface area is 113 Å². The van der Waals surface area contributed by atoms with E-state index < -0.39 is 0 Å². The Balaban J connectivity index is 2.54. The summed E-state index contributed by atoms with van der Waals surface area (Å²) >= 11 is 0. The van der Waals surface area contributed by atoms with Crippen molar-refractivity contribution in [2.24, 2.45) is 5.73 Å². The monoisotopic (exact) mass is 263 g/mol. The van der Waals surface area contributed by atoms with Crippen molar-refractivity contribution in [2.75, 3.05) is 13.7 Å². The van der Waals surface area contributed by atoms with Gasteiger partial charge >= 0.3 is 0 Å². The van der Waals surface area contributed by atoms with Crippen LogP contribution in [0.5, 0.6) is 11.5 Å². The molecule has 1 fully saturated rings. The molecular weight excluding hydrogens is 242 g/mol. The summed E-state index contributed by atoms with van der Waals surface area (Å²) in [4.78, 5) is 11.3. The van der Waals surface area contributed by atoms with Gasteiger partial charge in [0.05, 0.1) is 7.11 Å². The zero-order valence-corrected chi connectivity index (χ0v) is 11.3. The number of ether oxygens (including phenoxy) is 1. The summed E-state index contributed by atoms with van der Waals surface area (Å²) in [6.07, 6.45) is 6.22. The average Bonchev–Trinajstić information content (AvgIpc) is 2.47. The van der Waals surface area contributed by atoms with E-state index in [1.165, 1.54) is 19.6 Å².